The van der Waals surface area contributed by atoms with E-state index in [-0.39, 0.29) is 16.4 Å². The van der Waals surface area contributed by atoms with E-state index in [1.54, 1.807) is 18.2 Å². The van der Waals surface area contributed by atoms with Crippen LogP contribution in [0.5, 0.6) is 11.5 Å². The zero-order valence-electron chi connectivity index (χ0n) is 16.0. The maximum Gasteiger partial charge on any atom is 0.339 e. The van der Waals surface area contributed by atoms with Gasteiger partial charge in [-0.1, -0.05) is 39.7 Å². The van der Waals surface area contributed by atoms with E-state index >= 15 is 0 Å². The second-order valence-electron chi connectivity index (χ2n) is 6.20. The minimum Gasteiger partial charge on any atom is -0.493 e. The van der Waals surface area contributed by atoms with Gasteiger partial charge >= 0.3 is 10.1 Å². The zero-order chi connectivity index (χ0) is 22.6. The van der Waals surface area contributed by atoms with Gasteiger partial charge in [0.05, 0.1) is 23.2 Å². The first-order chi connectivity index (χ1) is 14.7. The van der Waals surface area contributed by atoms with Crippen LogP contribution in [0, 0.1) is 11.3 Å². The molecule has 0 saturated heterocycles. The number of allylic oxidation sites excluding steroid dienone is 1. The number of benzene rings is 3. The number of hydrogen-bond acceptors (Lipinski definition) is 5. The summed E-state index contributed by atoms with van der Waals surface area (Å²) in [5.41, 5.74) is 1.80. The second-order valence-corrected chi connectivity index (χ2v) is 9.95. The molecule has 0 aliphatic heterocycles. The third-order valence-corrected chi connectivity index (χ3v) is 6.74. The molecule has 0 aliphatic rings. The Morgan fingerprint density at radius 3 is 2.29 bits per heavy atom. The Hall–Kier alpha value is -2.31. The van der Waals surface area contributed by atoms with Crippen molar-refractivity contribution < 1.29 is 17.3 Å². The molecule has 158 valence electrons. The Kier molecular flexibility index (Phi) is 7.44. The molecule has 3 aromatic rings. The number of hydrogen-bond donors (Lipinski definition) is 0. The highest BCUT2D eigenvalue weighted by Gasteiger charge is 2.22. The van der Waals surface area contributed by atoms with Crippen molar-refractivity contribution in [2.45, 2.75) is 4.90 Å². The topological polar surface area (TPSA) is 76.4 Å². The predicted octanol–water partition coefficient (Wildman–Crippen LogP) is 6.71. The Bertz CT molecular complexity index is 1280. The third kappa shape index (κ3) is 5.69. The lowest BCUT2D eigenvalue weighted by Crippen LogP contribution is -2.11. The van der Waals surface area contributed by atoms with E-state index in [9.17, 15) is 13.7 Å². The van der Waals surface area contributed by atoms with E-state index in [4.69, 9.17) is 20.5 Å². The molecule has 0 atom stereocenters. The van der Waals surface area contributed by atoms with Crippen LogP contribution in [-0.4, -0.2) is 15.5 Å². The monoisotopic (exact) mass is 581 g/mol. The van der Waals surface area contributed by atoms with Crippen LogP contribution in [-0.2, 0) is 10.1 Å². The fraction of sp³-hybridized carbons (Fsp3) is 0.0455. The van der Waals surface area contributed by atoms with Gasteiger partial charge in [0.15, 0.2) is 11.5 Å². The standard InChI is InChI=1S/C22H14Br2ClNO4S/c1-29-21-12-14(10-16(13-26)15-2-4-17(23)5-3-15)11-20(24)22(21)30-31(27,28)19-8-6-18(25)7-9-19/h2-12H,1H3/b16-10+. The van der Waals surface area contributed by atoms with Gasteiger partial charge in [0.25, 0.3) is 0 Å². The lowest BCUT2D eigenvalue weighted by molar-refractivity contribution is 0.389. The summed E-state index contributed by atoms with van der Waals surface area (Å²) in [6.45, 7) is 0. The quantitative estimate of drug-likeness (QED) is 0.183. The molecule has 0 spiro atoms. The van der Waals surface area contributed by atoms with Crippen molar-refractivity contribution in [1.82, 2.24) is 0 Å². The van der Waals surface area contributed by atoms with E-state index in [1.165, 1.54) is 31.4 Å². The van der Waals surface area contributed by atoms with Crippen molar-refractivity contribution in [3.63, 3.8) is 0 Å². The highest BCUT2D eigenvalue weighted by Crippen LogP contribution is 2.39. The Labute approximate surface area is 202 Å². The minimum absolute atomic E-state index is 0.00301. The predicted molar refractivity (Wildman–Crippen MR) is 128 cm³/mol. The summed E-state index contributed by atoms with van der Waals surface area (Å²) in [6.07, 6.45) is 1.67. The largest absolute Gasteiger partial charge is 0.493 e. The maximum atomic E-state index is 12.7. The molecule has 0 unspecified atom stereocenters. The summed E-state index contributed by atoms with van der Waals surface area (Å²) in [5.74, 6) is 0.183. The van der Waals surface area contributed by atoms with Crippen molar-refractivity contribution in [1.29, 1.82) is 5.26 Å². The molecule has 0 fully saturated rings. The summed E-state index contributed by atoms with van der Waals surface area (Å²) in [7, 11) is -2.71. The normalized spacial score (nSPS) is 11.6. The van der Waals surface area contributed by atoms with Gasteiger partial charge in [-0.2, -0.15) is 13.7 Å². The van der Waals surface area contributed by atoms with Crippen molar-refractivity contribution in [2.24, 2.45) is 0 Å². The van der Waals surface area contributed by atoms with Crippen LogP contribution in [0.2, 0.25) is 5.02 Å². The molecule has 0 N–H and O–H groups in total. The number of methoxy groups -OCH3 is 1. The highest BCUT2D eigenvalue weighted by molar-refractivity contribution is 9.10. The van der Waals surface area contributed by atoms with E-state index in [1.807, 2.05) is 24.3 Å². The average Bonchev–Trinajstić information content (AvgIpc) is 2.74. The summed E-state index contributed by atoms with van der Waals surface area (Å²) < 4.78 is 37.2. The number of halogens is 3. The molecule has 0 aliphatic carbocycles. The van der Waals surface area contributed by atoms with Gasteiger partial charge in [0.1, 0.15) is 4.90 Å². The molecule has 0 heterocycles. The molecule has 31 heavy (non-hydrogen) atoms. The van der Waals surface area contributed by atoms with Crippen LogP contribution in [0.3, 0.4) is 0 Å². The van der Waals surface area contributed by atoms with Gasteiger partial charge in [-0.3, -0.25) is 0 Å². The highest BCUT2D eigenvalue weighted by atomic mass is 79.9. The fourth-order valence-electron chi connectivity index (χ4n) is 2.64. The average molecular weight is 584 g/mol. The first kappa shape index (κ1) is 23.4. The lowest BCUT2D eigenvalue weighted by atomic mass is 10.0. The smallest absolute Gasteiger partial charge is 0.339 e. The molecule has 5 nitrogen and oxygen atoms in total. The first-order valence-corrected chi connectivity index (χ1v) is 12.1. The molecule has 9 heteroatoms. The lowest BCUT2D eigenvalue weighted by Gasteiger charge is -2.13. The second kappa shape index (κ2) is 9.88. The van der Waals surface area contributed by atoms with Crippen LogP contribution in [0.4, 0.5) is 0 Å². The summed E-state index contributed by atoms with van der Waals surface area (Å²) in [5, 5.41) is 9.98. The van der Waals surface area contributed by atoms with Crippen LogP contribution < -0.4 is 8.92 Å². The van der Waals surface area contributed by atoms with Crippen molar-refractivity contribution >= 4 is 65.2 Å². The Balaban J connectivity index is 1.99. The van der Waals surface area contributed by atoms with Gasteiger partial charge in [0, 0.05) is 9.50 Å². The van der Waals surface area contributed by atoms with Crippen LogP contribution >= 0.6 is 43.5 Å². The minimum atomic E-state index is -4.11. The first-order valence-electron chi connectivity index (χ1n) is 8.69. The Morgan fingerprint density at radius 2 is 1.71 bits per heavy atom. The molecule has 3 rings (SSSR count). The van der Waals surface area contributed by atoms with Gasteiger partial charge in [-0.05, 0) is 81.7 Å². The SMILES string of the molecule is COc1cc(/C=C(\C#N)c2ccc(Br)cc2)cc(Br)c1OS(=O)(=O)c1ccc(Cl)cc1. The third-order valence-electron chi connectivity index (χ3n) is 4.13. The van der Waals surface area contributed by atoms with E-state index in [0.29, 0.717) is 20.6 Å². The van der Waals surface area contributed by atoms with Gasteiger partial charge in [-0.15, -0.1) is 0 Å². The number of nitriles is 1. The van der Waals surface area contributed by atoms with E-state index < -0.39 is 10.1 Å². The molecule has 3 aromatic carbocycles. The molecule has 0 radical (unpaired) electrons. The molecule has 0 aromatic heterocycles. The van der Waals surface area contributed by atoms with Gasteiger partial charge < -0.3 is 8.92 Å². The summed E-state index contributed by atoms with van der Waals surface area (Å²) >= 11 is 12.5. The summed E-state index contributed by atoms with van der Waals surface area (Å²) in [4.78, 5) is -0.0446. The van der Waals surface area contributed by atoms with Gasteiger partial charge in [-0.25, -0.2) is 0 Å². The molecule has 0 amide bonds. The molecular weight excluding hydrogens is 570 g/mol. The molecule has 0 saturated carbocycles. The number of ether oxygens (including phenoxy) is 1. The van der Waals surface area contributed by atoms with Crippen LogP contribution in [0.1, 0.15) is 11.1 Å². The van der Waals surface area contributed by atoms with Crippen molar-refractivity contribution in [3.8, 4) is 17.6 Å². The van der Waals surface area contributed by atoms with E-state index in [2.05, 4.69) is 37.9 Å². The zero-order valence-corrected chi connectivity index (χ0v) is 20.7. The summed E-state index contributed by atoms with van der Waals surface area (Å²) in [6, 6.07) is 18.4. The Morgan fingerprint density at radius 1 is 1.06 bits per heavy atom. The van der Waals surface area contributed by atoms with Crippen molar-refractivity contribution in [2.75, 3.05) is 7.11 Å². The van der Waals surface area contributed by atoms with E-state index in [0.717, 1.165) is 10.0 Å². The molecular formula is C22H14Br2ClNO4S. The van der Waals surface area contributed by atoms with Crippen LogP contribution in [0.25, 0.3) is 11.6 Å². The fourth-order valence-corrected chi connectivity index (χ4v) is 4.63. The molecule has 0 bridgehead atoms. The maximum absolute atomic E-state index is 12.7. The van der Waals surface area contributed by atoms with Crippen molar-refractivity contribution in [3.05, 3.63) is 85.8 Å². The number of nitrogens with zero attached hydrogens (tertiary/aromatic N) is 1. The van der Waals surface area contributed by atoms with Gasteiger partial charge in [0.2, 0.25) is 0 Å². The number of rotatable bonds is 6. The van der Waals surface area contributed by atoms with Crippen LogP contribution in [0.15, 0.2) is 74.5 Å².